The maximum absolute atomic E-state index is 11.9. The first-order valence-corrected chi connectivity index (χ1v) is 5.79. The smallest absolute Gasteiger partial charge is 0.355 e. The van der Waals surface area contributed by atoms with E-state index in [4.69, 9.17) is 5.11 Å². The maximum atomic E-state index is 11.9. The lowest BCUT2D eigenvalue weighted by Gasteiger charge is -2.17. The van der Waals surface area contributed by atoms with Crippen LogP contribution >= 0.6 is 0 Å². The van der Waals surface area contributed by atoms with Crippen LogP contribution in [-0.2, 0) is 5.41 Å². The number of carbonyl (C=O) groups excluding carboxylic acids is 1. The summed E-state index contributed by atoms with van der Waals surface area (Å²) in [5.74, 6) is -1.33. The second-order valence-corrected chi connectivity index (χ2v) is 5.53. The third-order valence-corrected chi connectivity index (χ3v) is 2.45. The number of Topliss-reactive ketones (excluding diaryl/α,β-unsaturated/α-hetero) is 1. The van der Waals surface area contributed by atoms with Crippen LogP contribution in [0.1, 0.15) is 61.3 Å². The van der Waals surface area contributed by atoms with E-state index < -0.39 is 5.97 Å². The van der Waals surface area contributed by atoms with Crippen LogP contribution in [0.3, 0.4) is 0 Å². The number of carboxylic acid groups (broad SMARTS) is 1. The fourth-order valence-electron chi connectivity index (χ4n) is 1.40. The van der Waals surface area contributed by atoms with E-state index in [2.05, 4.69) is 9.97 Å². The summed E-state index contributed by atoms with van der Waals surface area (Å²) >= 11 is 0. The van der Waals surface area contributed by atoms with E-state index >= 15 is 0 Å². The zero-order chi connectivity index (χ0) is 14.1. The highest BCUT2D eigenvalue weighted by atomic mass is 16.4. The highest BCUT2D eigenvalue weighted by Crippen LogP contribution is 2.20. The second-order valence-electron chi connectivity index (χ2n) is 5.53. The minimum atomic E-state index is -1.20. The van der Waals surface area contributed by atoms with Crippen LogP contribution in [0.4, 0.5) is 0 Å². The van der Waals surface area contributed by atoms with Gasteiger partial charge in [0.05, 0.1) is 5.56 Å². The van der Waals surface area contributed by atoms with Crippen molar-refractivity contribution in [3.63, 3.8) is 0 Å². The van der Waals surface area contributed by atoms with Crippen molar-refractivity contribution in [1.29, 1.82) is 0 Å². The van der Waals surface area contributed by atoms with E-state index in [1.165, 1.54) is 6.20 Å². The lowest BCUT2D eigenvalue weighted by Crippen LogP contribution is -2.22. The molecule has 5 heteroatoms. The normalized spacial score (nSPS) is 11.7. The molecule has 0 unspecified atom stereocenters. The Balaban J connectivity index is 3.39. The first-order valence-electron chi connectivity index (χ1n) is 5.79. The van der Waals surface area contributed by atoms with Gasteiger partial charge in [-0.1, -0.05) is 34.6 Å². The van der Waals surface area contributed by atoms with Crippen molar-refractivity contribution in [2.24, 2.45) is 5.92 Å². The molecular weight excluding hydrogens is 232 g/mol. The number of carboxylic acids is 1. The van der Waals surface area contributed by atoms with Gasteiger partial charge in [-0.05, 0) is 0 Å². The molecule has 0 fully saturated rings. The number of aromatic nitrogens is 2. The third-order valence-electron chi connectivity index (χ3n) is 2.45. The van der Waals surface area contributed by atoms with Gasteiger partial charge in [-0.15, -0.1) is 0 Å². The largest absolute Gasteiger partial charge is 0.476 e. The van der Waals surface area contributed by atoms with Crippen LogP contribution in [0.2, 0.25) is 0 Å². The van der Waals surface area contributed by atoms with Crippen LogP contribution in [0.5, 0.6) is 0 Å². The molecule has 0 atom stereocenters. The van der Waals surface area contributed by atoms with Crippen LogP contribution in [-0.4, -0.2) is 26.8 Å². The molecule has 0 aliphatic carbocycles. The predicted molar refractivity (Wildman–Crippen MR) is 66.9 cm³/mol. The Morgan fingerprint density at radius 2 is 1.83 bits per heavy atom. The molecule has 0 aliphatic rings. The number of carbonyl (C=O) groups is 2. The monoisotopic (exact) mass is 250 g/mol. The summed E-state index contributed by atoms with van der Waals surface area (Å²) in [5, 5.41) is 9.14. The molecule has 0 radical (unpaired) electrons. The molecule has 1 aromatic heterocycles. The summed E-state index contributed by atoms with van der Waals surface area (Å²) in [4.78, 5) is 31.2. The van der Waals surface area contributed by atoms with Gasteiger partial charge in [-0.3, -0.25) is 4.79 Å². The van der Waals surface area contributed by atoms with Gasteiger partial charge in [-0.25, -0.2) is 14.8 Å². The molecule has 0 spiro atoms. The average Bonchev–Trinajstić information content (AvgIpc) is 2.25. The zero-order valence-corrected chi connectivity index (χ0v) is 11.3. The molecule has 18 heavy (non-hydrogen) atoms. The topological polar surface area (TPSA) is 80.2 Å². The van der Waals surface area contributed by atoms with Crippen molar-refractivity contribution < 1.29 is 14.7 Å². The molecule has 0 amide bonds. The van der Waals surface area contributed by atoms with E-state index in [0.717, 1.165) is 0 Å². The van der Waals surface area contributed by atoms with Gasteiger partial charge in [0.2, 0.25) is 0 Å². The van der Waals surface area contributed by atoms with E-state index in [1.54, 1.807) is 13.8 Å². The van der Waals surface area contributed by atoms with Gasteiger partial charge in [0.15, 0.2) is 11.5 Å². The Morgan fingerprint density at radius 3 is 2.22 bits per heavy atom. The molecule has 1 N–H and O–H groups in total. The average molecular weight is 250 g/mol. The highest BCUT2D eigenvalue weighted by molar-refractivity contribution is 6.05. The van der Waals surface area contributed by atoms with Crippen molar-refractivity contribution in [1.82, 2.24) is 9.97 Å². The molecule has 1 aromatic rings. The molecule has 1 rings (SSSR count). The highest BCUT2D eigenvalue weighted by Gasteiger charge is 2.25. The summed E-state index contributed by atoms with van der Waals surface area (Å²) in [6.45, 7) is 9.09. The summed E-state index contributed by atoms with van der Waals surface area (Å²) in [7, 11) is 0. The number of rotatable bonds is 3. The summed E-state index contributed by atoms with van der Waals surface area (Å²) in [5.41, 5.74) is -0.497. The Labute approximate surface area is 106 Å². The SMILES string of the molecule is CC(C)C(=O)c1cnc(C(C)(C)C)nc1C(=O)O. The Bertz CT molecular complexity index is 487. The second kappa shape index (κ2) is 4.84. The number of aromatic carboxylic acids is 1. The van der Waals surface area contributed by atoms with Crippen LogP contribution in [0.25, 0.3) is 0 Å². The number of ketones is 1. The van der Waals surface area contributed by atoms with Gasteiger partial charge in [-0.2, -0.15) is 0 Å². The first kappa shape index (κ1) is 14.3. The first-order chi connectivity index (χ1) is 8.14. The maximum Gasteiger partial charge on any atom is 0.355 e. The van der Waals surface area contributed by atoms with Crippen molar-refractivity contribution in [2.45, 2.75) is 40.0 Å². The van der Waals surface area contributed by atoms with Crippen LogP contribution < -0.4 is 0 Å². The molecule has 0 saturated heterocycles. The molecule has 0 aromatic carbocycles. The number of hydrogen-bond donors (Lipinski definition) is 1. The molecule has 0 saturated carbocycles. The van der Waals surface area contributed by atoms with E-state index in [1.807, 2.05) is 20.8 Å². The fourth-order valence-corrected chi connectivity index (χ4v) is 1.40. The molecule has 98 valence electrons. The lowest BCUT2D eigenvalue weighted by atomic mass is 9.94. The minimum Gasteiger partial charge on any atom is -0.476 e. The van der Waals surface area contributed by atoms with Gasteiger partial charge in [0.1, 0.15) is 5.82 Å². The van der Waals surface area contributed by atoms with Gasteiger partial charge < -0.3 is 5.11 Å². The lowest BCUT2D eigenvalue weighted by molar-refractivity contribution is 0.0683. The van der Waals surface area contributed by atoms with E-state index in [0.29, 0.717) is 5.82 Å². The summed E-state index contributed by atoms with van der Waals surface area (Å²) in [6, 6.07) is 0. The van der Waals surface area contributed by atoms with Gasteiger partial charge in [0.25, 0.3) is 0 Å². The number of nitrogens with zero attached hydrogens (tertiary/aromatic N) is 2. The summed E-state index contributed by atoms with van der Waals surface area (Å²) in [6.07, 6.45) is 1.32. The van der Waals surface area contributed by atoms with Crippen molar-refractivity contribution >= 4 is 11.8 Å². The third kappa shape index (κ3) is 2.91. The molecule has 0 bridgehead atoms. The number of hydrogen-bond acceptors (Lipinski definition) is 4. The Morgan fingerprint density at radius 1 is 1.28 bits per heavy atom. The molecular formula is C13H18N2O3. The quantitative estimate of drug-likeness (QED) is 0.832. The van der Waals surface area contributed by atoms with Crippen molar-refractivity contribution in [3.05, 3.63) is 23.3 Å². The standard InChI is InChI=1S/C13H18N2O3/c1-7(2)10(16)8-6-14-12(13(3,4)5)15-9(8)11(17)18/h6-7H,1-5H3,(H,17,18). The minimum absolute atomic E-state index is 0.0745. The van der Waals surface area contributed by atoms with Crippen molar-refractivity contribution in [2.75, 3.05) is 0 Å². The predicted octanol–water partition coefficient (Wildman–Crippen LogP) is 2.31. The van der Waals surface area contributed by atoms with Crippen LogP contribution in [0, 0.1) is 5.92 Å². The van der Waals surface area contributed by atoms with E-state index in [9.17, 15) is 9.59 Å². The van der Waals surface area contributed by atoms with Crippen LogP contribution in [0.15, 0.2) is 6.20 Å². The molecule has 5 nitrogen and oxygen atoms in total. The summed E-state index contributed by atoms with van der Waals surface area (Å²) < 4.78 is 0. The molecule has 0 aliphatic heterocycles. The van der Waals surface area contributed by atoms with E-state index in [-0.39, 0.29) is 28.4 Å². The zero-order valence-electron chi connectivity index (χ0n) is 11.3. The van der Waals surface area contributed by atoms with Gasteiger partial charge >= 0.3 is 5.97 Å². The van der Waals surface area contributed by atoms with Crippen molar-refractivity contribution in [3.8, 4) is 0 Å². The Kier molecular flexibility index (Phi) is 3.84. The molecule has 1 heterocycles. The Hall–Kier alpha value is -1.78. The fraction of sp³-hybridized carbons (Fsp3) is 0.538. The van der Waals surface area contributed by atoms with Gasteiger partial charge in [0, 0.05) is 17.5 Å².